The van der Waals surface area contributed by atoms with Crippen LogP contribution in [-0.2, 0) is 41.4 Å². The maximum Gasteiger partial charge on any atom is 0.469 e. The van der Waals surface area contributed by atoms with Crippen LogP contribution in [0.4, 0.5) is 4.79 Å². The van der Waals surface area contributed by atoms with Crippen molar-refractivity contribution in [3.05, 3.63) is 83.1 Å². The minimum atomic E-state index is -5.24. The molecular formula is C28H36N3O10PS. The highest BCUT2D eigenvalue weighted by molar-refractivity contribution is 7.92. The van der Waals surface area contributed by atoms with Gasteiger partial charge >= 0.3 is 13.9 Å². The number of benzene rings is 2. The third-order valence-electron chi connectivity index (χ3n) is 6.63. The van der Waals surface area contributed by atoms with Crippen molar-refractivity contribution in [2.45, 2.75) is 58.0 Å². The molecule has 3 atom stereocenters. The number of phosphoric ester groups is 1. The molecule has 0 spiro atoms. The second-order valence-electron chi connectivity index (χ2n) is 10.8. The molecule has 13 nitrogen and oxygen atoms in total. The van der Waals surface area contributed by atoms with E-state index < -0.39 is 59.4 Å². The fraction of sp³-hybridized carbons (Fsp3) is 0.429. The van der Waals surface area contributed by atoms with Crippen LogP contribution in [0.25, 0.3) is 0 Å². The molecule has 0 aliphatic carbocycles. The van der Waals surface area contributed by atoms with Crippen LogP contribution in [0.15, 0.2) is 72.0 Å². The standard InChI is InChI=1S/C28H36N3O10PS/c1-28(2,14-9-15-29)20-31(43(37,38)26-19-39-25(40-26)17-22-12-7-4-8-13-22)18-24(41-42(34,35)36)23(30-27(32)33)16-21-10-5-3-6-11-21/h3-8,10-13,19,23-25,30H,9,14,16-18,20H2,1-2H3,(H,32,33)(H2,34,35,36)/t23-,24-,25?/m0/s1. The van der Waals surface area contributed by atoms with Gasteiger partial charge in [0, 0.05) is 25.9 Å². The molecule has 1 unspecified atom stereocenters. The second-order valence-corrected chi connectivity index (χ2v) is 13.9. The molecule has 0 saturated heterocycles. The average Bonchev–Trinajstić information content (AvgIpc) is 3.40. The number of hydrogen-bond donors (Lipinski definition) is 4. The van der Waals surface area contributed by atoms with Crippen LogP contribution in [0.5, 0.6) is 0 Å². The first-order chi connectivity index (χ1) is 20.2. The SMILES string of the molecule is CC(C)(CCC#N)CN(C[C@H](OP(=O)(O)O)[C@H](Cc1ccccc1)NC(=O)O)S(=O)(=O)C1=COC(Cc2ccccc2)O1. The van der Waals surface area contributed by atoms with E-state index in [-0.39, 0.29) is 25.8 Å². The van der Waals surface area contributed by atoms with Crippen molar-refractivity contribution >= 4 is 23.9 Å². The van der Waals surface area contributed by atoms with Crippen molar-refractivity contribution in [2.75, 3.05) is 13.1 Å². The predicted octanol–water partition coefficient (Wildman–Crippen LogP) is 3.72. The molecule has 0 radical (unpaired) electrons. The maximum atomic E-state index is 14.0. The highest BCUT2D eigenvalue weighted by atomic mass is 32.2. The molecule has 0 aromatic heterocycles. The highest BCUT2D eigenvalue weighted by Gasteiger charge is 2.41. The predicted molar refractivity (Wildman–Crippen MR) is 155 cm³/mol. The van der Waals surface area contributed by atoms with Gasteiger partial charge in [0.1, 0.15) is 12.4 Å². The average molecular weight is 638 g/mol. The van der Waals surface area contributed by atoms with Crippen LogP contribution in [0.1, 0.15) is 37.8 Å². The van der Waals surface area contributed by atoms with Crippen LogP contribution < -0.4 is 5.32 Å². The normalized spacial score (nSPS) is 16.8. The summed E-state index contributed by atoms with van der Waals surface area (Å²) in [5.74, 6) is 0. The van der Waals surface area contributed by atoms with E-state index in [0.717, 1.165) is 16.1 Å². The number of nitriles is 1. The van der Waals surface area contributed by atoms with Crippen molar-refractivity contribution in [2.24, 2.45) is 5.41 Å². The van der Waals surface area contributed by atoms with Gasteiger partial charge in [0.25, 0.3) is 15.1 Å². The van der Waals surface area contributed by atoms with Gasteiger partial charge in [0.05, 0.1) is 12.1 Å². The largest absolute Gasteiger partial charge is 0.469 e. The van der Waals surface area contributed by atoms with Gasteiger partial charge < -0.3 is 29.7 Å². The molecule has 15 heteroatoms. The summed E-state index contributed by atoms with van der Waals surface area (Å²) < 4.78 is 57.1. The Morgan fingerprint density at radius 1 is 1.14 bits per heavy atom. The van der Waals surface area contributed by atoms with Crippen molar-refractivity contribution < 1.29 is 46.7 Å². The minimum absolute atomic E-state index is 0.0645. The number of nitrogens with zero attached hydrogens (tertiary/aromatic N) is 2. The lowest BCUT2D eigenvalue weighted by atomic mass is 9.88. The Hall–Kier alpha value is -3.44. The molecule has 1 amide bonds. The number of rotatable bonds is 16. The van der Waals surface area contributed by atoms with Gasteiger partial charge in [-0.1, -0.05) is 74.5 Å². The number of sulfonamides is 1. The number of phosphoric acid groups is 1. The van der Waals surface area contributed by atoms with Gasteiger partial charge in [-0.05, 0) is 29.4 Å². The van der Waals surface area contributed by atoms with E-state index in [1.807, 2.05) is 36.4 Å². The first-order valence-corrected chi connectivity index (χ1v) is 16.4. The van der Waals surface area contributed by atoms with Crippen molar-refractivity contribution in [1.29, 1.82) is 5.26 Å². The summed E-state index contributed by atoms with van der Waals surface area (Å²) in [6.07, 6.45) is -2.50. The fourth-order valence-corrected chi connectivity index (χ4v) is 6.66. The summed E-state index contributed by atoms with van der Waals surface area (Å²) in [5, 5.41) is 20.4. The second kappa shape index (κ2) is 14.8. The van der Waals surface area contributed by atoms with E-state index in [9.17, 15) is 32.7 Å². The molecule has 4 N–H and O–H groups in total. The van der Waals surface area contributed by atoms with Crippen LogP contribution in [-0.4, -0.2) is 65.2 Å². The summed E-state index contributed by atoms with van der Waals surface area (Å²) in [4.78, 5) is 31.2. The Labute approximate surface area is 251 Å². The molecule has 1 heterocycles. The smallest absolute Gasteiger partial charge is 0.465 e. The molecule has 2 aromatic carbocycles. The van der Waals surface area contributed by atoms with Gasteiger partial charge in [-0.2, -0.15) is 9.57 Å². The molecular weight excluding hydrogens is 601 g/mol. The number of nitrogens with one attached hydrogen (secondary N) is 1. The number of hydrogen-bond acceptors (Lipinski definition) is 8. The van der Waals surface area contributed by atoms with E-state index in [1.54, 1.807) is 44.2 Å². The van der Waals surface area contributed by atoms with Gasteiger partial charge in [-0.25, -0.2) is 17.8 Å². The Morgan fingerprint density at radius 3 is 2.30 bits per heavy atom. The van der Waals surface area contributed by atoms with Crippen molar-refractivity contribution in [3.63, 3.8) is 0 Å². The topological polar surface area (TPSA) is 196 Å². The third-order valence-corrected chi connectivity index (χ3v) is 8.84. The first kappa shape index (κ1) is 34.1. The lowest BCUT2D eigenvalue weighted by Gasteiger charge is -2.35. The number of amides is 1. The summed E-state index contributed by atoms with van der Waals surface area (Å²) in [6.45, 7) is 2.60. The van der Waals surface area contributed by atoms with Gasteiger partial charge in [-0.15, -0.1) is 0 Å². The molecule has 234 valence electrons. The third kappa shape index (κ3) is 11.0. The minimum Gasteiger partial charge on any atom is -0.465 e. The van der Waals surface area contributed by atoms with Gasteiger partial charge in [0.2, 0.25) is 6.29 Å². The van der Waals surface area contributed by atoms with Crippen molar-refractivity contribution in [3.8, 4) is 6.07 Å². The summed E-state index contributed by atoms with van der Waals surface area (Å²) in [5.41, 5.74) is 0.671. The van der Waals surface area contributed by atoms with Gasteiger partial charge in [-0.3, -0.25) is 4.52 Å². The summed E-state index contributed by atoms with van der Waals surface area (Å²) in [6, 6.07) is 18.4. The van der Waals surface area contributed by atoms with E-state index in [2.05, 4.69) is 5.32 Å². The zero-order valence-corrected chi connectivity index (χ0v) is 25.5. The lowest BCUT2D eigenvalue weighted by molar-refractivity contribution is -0.0249. The molecule has 0 bridgehead atoms. The van der Waals surface area contributed by atoms with Crippen LogP contribution in [0, 0.1) is 16.7 Å². The lowest BCUT2D eigenvalue weighted by Crippen LogP contribution is -2.52. The Morgan fingerprint density at radius 2 is 1.74 bits per heavy atom. The molecule has 1 aliphatic heterocycles. The fourth-order valence-electron chi connectivity index (χ4n) is 4.57. The molecule has 0 saturated carbocycles. The molecule has 0 fully saturated rings. The van der Waals surface area contributed by atoms with Crippen molar-refractivity contribution in [1.82, 2.24) is 9.62 Å². The van der Waals surface area contributed by atoms with Crippen LogP contribution in [0.3, 0.4) is 0 Å². The zero-order valence-electron chi connectivity index (χ0n) is 23.8. The molecule has 43 heavy (non-hydrogen) atoms. The molecule has 3 rings (SSSR count). The van der Waals surface area contributed by atoms with E-state index in [1.165, 1.54) is 0 Å². The van der Waals surface area contributed by atoms with E-state index in [4.69, 9.17) is 19.3 Å². The van der Waals surface area contributed by atoms with E-state index in [0.29, 0.717) is 12.0 Å². The number of ether oxygens (including phenoxy) is 2. The first-order valence-electron chi connectivity index (χ1n) is 13.4. The quantitative estimate of drug-likeness (QED) is 0.196. The Kier molecular flexibility index (Phi) is 11.7. The van der Waals surface area contributed by atoms with E-state index >= 15 is 0 Å². The zero-order chi connectivity index (χ0) is 31.7. The molecule has 1 aliphatic rings. The Balaban J connectivity index is 1.96. The number of carbonyl (C=O) groups is 1. The van der Waals surface area contributed by atoms with Crippen LogP contribution in [0.2, 0.25) is 0 Å². The summed E-state index contributed by atoms with van der Waals surface area (Å²) in [7, 11) is -9.76. The van der Waals surface area contributed by atoms with Gasteiger partial charge in [0.15, 0.2) is 0 Å². The van der Waals surface area contributed by atoms with Crippen LogP contribution >= 0.6 is 7.82 Å². The Bertz CT molecular complexity index is 1440. The number of carboxylic acid groups (broad SMARTS) is 1. The molecule has 2 aromatic rings. The highest BCUT2D eigenvalue weighted by Crippen LogP contribution is 2.40. The summed E-state index contributed by atoms with van der Waals surface area (Å²) >= 11 is 0. The monoisotopic (exact) mass is 637 g/mol. The maximum absolute atomic E-state index is 14.0.